The van der Waals surface area contributed by atoms with Crippen LogP contribution in [0.5, 0.6) is 0 Å². The van der Waals surface area contributed by atoms with E-state index in [1.54, 1.807) is 32.9 Å². The predicted molar refractivity (Wildman–Crippen MR) is 143 cm³/mol. The van der Waals surface area contributed by atoms with Crippen LogP contribution in [-0.4, -0.2) is 73.2 Å². The zero-order valence-electron chi connectivity index (χ0n) is 22.7. The van der Waals surface area contributed by atoms with Crippen molar-refractivity contribution in [1.82, 2.24) is 29.9 Å². The van der Waals surface area contributed by atoms with Gasteiger partial charge < -0.3 is 15.0 Å². The second-order valence-corrected chi connectivity index (χ2v) is 11.8. The molecular weight excluding hydrogens is 508 g/mol. The van der Waals surface area contributed by atoms with Crippen LogP contribution in [0.15, 0.2) is 30.9 Å². The van der Waals surface area contributed by atoms with Crippen LogP contribution in [0, 0.1) is 11.8 Å². The Hall–Kier alpha value is -3.14. The first-order chi connectivity index (χ1) is 18.0. The molecule has 3 heterocycles. The van der Waals surface area contributed by atoms with E-state index in [1.807, 2.05) is 26.8 Å². The Morgan fingerprint density at radius 2 is 1.92 bits per heavy atom. The lowest BCUT2D eigenvalue weighted by molar-refractivity contribution is -0.143. The molecule has 1 unspecified atom stereocenters. The molecule has 2 aliphatic rings. The second-order valence-electron chi connectivity index (χ2n) is 11.3. The molecule has 1 aromatic heterocycles. The Balaban J connectivity index is 1.49. The number of benzene rings is 1. The zero-order valence-corrected chi connectivity index (χ0v) is 23.4. The second kappa shape index (κ2) is 11.3. The highest BCUT2D eigenvalue weighted by Crippen LogP contribution is 2.34. The molecule has 3 atom stereocenters. The zero-order chi connectivity index (χ0) is 27.6. The third-order valence-corrected chi connectivity index (χ3v) is 7.42. The van der Waals surface area contributed by atoms with E-state index in [0.29, 0.717) is 24.5 Å². The molecule has 0 radical (unpaired) electrons. The van der Waals surface area contributed by atoms with Gasteiger partial charge in [-0.25, -0.2) is 14.5 Å². The van der Waals surface area contributed by atoms with Gasteiger partial charge in [0.15, 0.2) is 0 Å². The van der Waals surface area contributed by atoms with Crippen molar-refractivity contribution in [2.45, 2.75) is 78.1 Å². The lowest BCUT2D eigenvalue weighted by Gasteiger charge is -2.35. The van der Waals surface area contributed by atoms with Crippen molar-refractivity contribution in [3.63, 3.8) is 0 Å². The van der Waals surface area contributed by atoms with Crippen molar-refractivity contribution in [3.05, 3.63) is 41.4 Å². The van der Waals surface area contributed by atoms with E-state index in [2.05, 4.69) is 29.2 Å². The summed E-state index contributed by atoms with van der Waals surface area (Å²) in [4.78, 5) is 47.5. The van der Waals surface area contributed by atoms with Gasteiger partial charge in [0.05, 0.1) is 5.69 Å². The number of nitrogens with one attached hydrogen (secondary N) is 1. The molecule has 1 aromatic carbocycles. The topological polar surface area (TPSA) is 110 Å². The van der Waals surface area contributed by atoms with Crippen LogP contribution in [0.2, 0.25) is 5.02 Å². The van der Waals surface area contributed by atoms with E-state index in [9.17, 15) is 14.4 Å². The molecule has 11 heteroatoms. The smallest absolute Gasteiger partial charge is 0.410 e. The number of aromatic nitrogens is 3. The Morgan fingerprint density at radius 3 is 2.58 bits per heavy atom. The van der Waals surface area contributed by atoms with Crippen LogP contribution >= 0.6 is 11.6 Å². The van der Waals surface area contributed by atoms with Crippen molar-refractivity contribution < 1.29 is 19.1 Å². The number of rotatable bonds is 6. The number of amides is 3. The van der Waals surface area contributed by atoms with Crippen LogP contribution in [0.3, 0.4) is 0 Å². The van der Waals surface area contributed by atoms with Crippen molar-refractivity contribution in [3.8, 4) is 5.69 Å². The van der Waals surface area contributed by atoms with E-state index < -0.39 is 23.8 Å². The maximum atomic E-state index is 13.9. The molecular formula is C27H37ClN6O4. The molecule has 0 bridgehead atoms. The summed E-state index contributed by atoms with van der Waals surface area (Å²) < 4.78 is 7.23. The molecule has 3 amide bonds. The standard InChI is InChI=1S/C27H37ClN6O4/c1-17(2)20-10-12-33(26(37)38-27(3,4)5)23(20)25(36)32-11-6-7-22(32)24(35)30-14-18-13-19(28)8-9-21(18)34-16-29-15-31-34/h8-9,13,15-17,20,22-23H,6-7,10-12,14H2,1-5H3,(H,30,35)/t20?,22-,23-/m0/s1. The fraction of sp³-hybridized carbons (Fsp3) is 0.593. The Morgan fingerprint density at radius 1 is 1.16 bits per heavy atom. The third kappa shape index (κ3) is 6.11. The van der Waals surface area contributed by atoms with Gasteiger partial charge in [0.1, 0.15) is 30.3 Å². The number of nitrogens with zero attached hydrogens (tertiary/aromatic N) is 5. The summed E-state index contributed by atoms with van der Waals surface area (Å²) in [7, 11) is 0. The maximum absolute atomic E-state index is 13.9. The molecule has 4 rings (SSSR count). The van der Waals surface area contributed by atoms with Gasteiger partial charge in [0, 0.05) is 24.7 Å². The molecule has 0 aliphatic carbocycles. The fourth-order valence-corrected chi connectivity index (χ4v) is 5.58. The first-order valence-electron chi connectivity index (χ1n) is 13.2. The number of carbonyl (C=O) groups excluding carboxylic acids is 3. The van der Waals surface area contributed by atoms with E-state index >= 15 is 0 Å². The molecule has 2 aromatic rings. The maximum Gasteiger partial charge on any atom is 0.410 e. The molecule has 0 spiro atoms. The van der Waals surface area contributed by atoms with Gasteiger partial charge in [0.2, 0.25) is 11.8 Å². The SMILES string of the molecule is CC(C)C1CCN(C(=O)OC(C)(C)C)[C@@H]1C(=O)N1CCC[C@H]1C(=O)NCc1cc(Cl)ccc1-n1cncn1. The van der Waals surface area contributed by atoms with Gasteiger partial charge in [-0.05, 0) is 75.6 Å². The van der Waals surface area contributed by atoms with Crippen LogP contribution in [-0.2, 0) is 20.9 Å². The minimum atomic E-state index is -0.665. The molecule has 2 aliphatic heterocycles. The third-order valence-electron chi connectivity index (χ3n) is 7.18. The minimum Gasteiger partial charge on any atom is -0.444 e. The number of hydrogen-bond donors (Lipinski definition) is 1. The van der Waals surface area contributed by atoms with Gasteiger partial charge in [0.25, 0.3) is 0 Å². The highest BCUT2D eigenvalue weighted by molar-refractivity contribution is 6.30. The summed E-state index contributed by atoms with van der Waals surface area (Å²) in [5, 5.41) is 7.71. The lowest BCUT2D eigenvalue weighted by Crippen LogP contribution is -2.55. The molecule has 0 saturated carbocycles. The van der Waals surface area contributed by atoms with Gasteiger partial charge in [-0.15, -0.1) is 0 Å². The van der Waals surface area contributed by atoms with Crippen LogP contribution in [0.25, 0.3) is 5.69 Å². The quantitative estimate of drug-likeness (QED) is 0.592. The average Bonchev–Trinajstić information content (AvgIpc) is 3.61. The molecule has 1 N–H and O–H groups in total. The first-order valence-corrected chi connectivity index (χ1v) is 13.6. The molecule has 206 valence electrons. The molecule has 10 nitrogen and oxygen atoms in total. The first kappa shape index (κ1) is 27.9. The van der Waals surface area contributed by atoms with Crippen molar-refractivity contribution in [1.29, 1.82) is 0 Å². The molecule has 2 saturated heterocycles. The summed E-state index contributed by atoms with van der Waals surface area (Å²) in [5.41, 5.74) is 0.867. The number of carbonyl (C=O) groups is 3. The summed E-state index contributed by atoms with van der Waals surface area (Å²) in [6, 6.07) is 4.10. The highest BCUT2D eigenvalue weighted by Gasteiger charge is 2.48. The van der Waals surface area contributed by atoms with Crippen LogP contribution in [0.1, 0.15) is 59.4 Å². The number of hydrogen-bond acceptors (Lipinski definition) is 6. The van der Waals surface area contributed by atoms with E-state index in [4.69, 9.17) is 16.3 Å². The molecule has 2 fully saturated rings. The summed E-state index contributed by atoms with van der Waals surface area (Å²) in [6.07, 6.45) is 4.53. The largest absolute Gasteiger partial charge is 0.444 e. The van der Waals surface area contributed by atoms with Gasteiger partial charge in [-0.3, -0.25) is 14.5 Å². The Labute approximate surface area is 228 Å². The Bertz CT molecular complexity index is 1160. The predicted octanol–water partition coefficient (Wildman–Crippen LogP) is 3.81. The summed E-state index contributed by atoms with van der Waals surface area (Å²) >= 11 is 6.22. The van der Waals surface area contributed by atoms with Crippen molar-refractivity contribution in [2.24, 2.45) is 11.8 Å². The van der Waals surface area contributed by atoms with Crippen molar-refractivity contribution >= 4 is 29.5 Å². The highest BCUT2D eigenvalue weighted by atomic mass is 35.5. The van der Waals surface area contributed by atoms with Gasteiger partial charge in [-0.2, -0.15) is 5.10 Å². The Kier molecular flexibility index (Phi) is 8.30. The fourth-order valence-electron chi connectivity index (χ4n) is 5.38. The minimum absolute atomic E-state index is 0.00368. The number of ether oxygens (including phenoxy) is 1. The number of likely N-dealkylation sites (tertiary alicyclic amines) is 2. The monoisotopic (exact) mass is 544 g/mol. The number of halogens is 1. The summed E-state index contributed by atoms with van der Waals surface area (Å²) in [6.45, 7) is 10.7. The molecule has 38 heavy (non-hydrogen) atoms. The summed E-state index contributed by atoms with van der Waals surface area (Å²) in [5.74, 6) is -0.223. The van der Waals surface area contributed by atoms with E-state index in [1.165, 1.54) is 6.33 Å². The van der Waals surface area contributed by atoms with Crippen molar-refractivity contribution in [2.75, 3.05) is 13.1 Å². The van der Waals surface area contributed by atoms with E-state index in [0.717, 1.165) is 24.1 Å². The van der Waals surface area contributed by atoms with E-state index in [-0.39, 0.29) is 30.2 Å². The normalized spacial score (nSPS) is 21.7. The average molecular weight is 545 g/mol. The van der Waals surface area contributed by atoms with Crippen LogP contribution in [0.4, 0.5) is 4.79 Å². The van der Waals surface area contributed by atoms with Crippen LogP contribution < -0.4 is 5.32 Å². The lowest BCUT2D eigenvalue weighted by atomic mass is 9.88. The van der Waals surface area contributed by atoms with Gasteiger partial charge >= 0.3 is 6.09 Å². The van der Waals surface area contributed by atoms with Gasteiger partial charge in [-0.1, -0.05) is 25.4 Å².